The molecule has 0 aromatic carbocycles. The van der Waals surface area contributed by atoms with Crippen LogP contribution in [0.3, 0.4) is 0 Å². The van der Waals surface area contributed by atoms with Gasteiger partial charge in [0, 0.05) is 6.42 Å². The molecule has 3 amide bonds. The summed E-state index contributed by atoms with van der Waals surface area (Å²) in [5.41, 5.74) is 10.3. The number of hydrogen-bond donors (Lipinski definition) is 3. The first kappa shape index (κ1) is 12.9. The van der Waals surface area contributed by atoms with Gasteiger partial charge in [-0.05, 0) is 24.8 Å². The number of nitrogens with two attached hydrogens (primary N) is 2. The summed E-state index contributed by atoms with van der Waals surface area (Å²) in [5, 5.41) is 2.03. The molecule has 5 N–H and O–H groups in total. The molecule has 0 heterocycles. The average Bonchev–Trinajstić information content (AvgIpc) is 2.00. The molecule has 5 nitrogen and oxygen atoms in total. The van der Waals surface area contributed by atoms with Crippen LogP contribution in [0.25, 0.3) is 0 Å². The first-order valence-corrected chi connectivity index (χ1v) is 4.75. The zero-order valence-electron chi connectivity index (χ0n) is 8.75. The third kappa shape index (κ3) is 6.42. The molecule has 0 spiro atoms. The van der Waals surface area contributed by atoms with E-state index in [1.54, 1.807) is 0 Å². The van der Waals surface area contributed by atoms with Gasteiger partial charge in [-0.1, -0.05) is 13.8 Å². The van der Waals surface area contributed by atoms with Crippen LogP contribution in [-0.4, -0.2) is 18.5 Å². The fourth-order valence-electron chi connectivity index (χ4n) is 1.38. The van der Waals surface area contributed by atoms with Gasteiger partial charge in [-0.3, -0.25) is 10.1 Å². The van der Waals surface area contributed by atoms with Crippen molar-refractivity contribution in [2.45, 2.75) is 26.7 Å². The second-order valence-electron chi connectivity index (χ2n) is 3.85. The van der Waals surface area contributed by atoms with E-state index in [1.165, 1.54) is 0 Å². The normalized spacial score (nSPS) is 12.6. The third-order valence-corrected chi connectivity index (χ3v) is 1.87. The van der Waals surface area contributed by atoms with Crippen molar-refractivity contribution in [3.8, 4) is 0 Å². The zero-order valence-corrected chi connectivity index (χ0v) is 8.75. The molecule has 14 heavy (non-hydrogen) atoms. The van der Waals surface area contributed by atoms with Crippen LogP contribution in [0.4, 0.5) is 4.79 Å². The van der Waals surface area contributed by atoms with Gasteiger partial charge in [-0.2, -0.15) is 0 Å². The highest BCUT2D eigenvalue weighted by molar-refractivity contribution is 5.93. The molecular formula is C9H19N3O2. The van der Waals surface area contributed by atoms with E-state index >= 15 is 0 Å². The van der Waals surface area contributed by atoms with Crippen molar-refractivity contribution in [1.82, 2.24) is 5.32 Å². The summed E-state index contributed by atoms with van der Waals surface area (Å²) in [7, 11) is 0. The van der Waals surface area contributed by atoms with E-state index in [-0.39, 0.29) is 18.2 Å². The minimum Gasteiger partial charge on any atom is -0.351 e. The Morgan fingerprint density at radius 1 is 1.36 bits per heavy atom. The second-order valence-corrected chi connectivity index (χ2v) is 3.85. The Hall–Kier alpha value is -1.10. The minimum atomic E-state index is -0.810. The molecule has 0 fully saturated rings. The molecule has 0 radical (unpaired) electrons. The van der Waals surface area contributed by atoms with Crippen molar-refractivity contribution in [2.75, 3.05) is 6.54 Å². The molecule has 0 aromatic heterocycles. The summed E-state index contributed by atoms with van der Waals surface area (Å²) in [4.78, 5) is 21.5. The van der Waals surface area contributed by atoms with E-state index in [0.29, 0.717) is 12.5 Å². The zero-order chi connectivity index (χ0) is 11.1. The molecule has 5 heteroatoms. The van der Waals surface area contributed by atoms with Crippen molar-refractivity contribution in [3.63, 3.8) is 0 Å². The summed E-state index contributed by atoms with van der Waals surface area (Å²) in [6, 6.07) is -0.810. The standard InChI is InChI=1S/C9H19N3O2/c1-6(2)3-7(5-10)4-8(13)12-9(11)14/h6-7H,3-5,10H2,1-2H3,(H3,11,12,13,14). The fraction of sp³-hybridized carbons (Fsp3) is 0.778. The molecule has 0 aliphatic carbocycles. The Balaban J connectivity index is 3.92. The van der Waals surface area contributed by atoms with Gasteiger partial charge in [-0.15, -0.1) is 0 Å². The molecule has 1 unspecified atom stereocenters. The molecular weight excluding hydrogens is 182 g/mol. The fourth-order valence-corrected chi connectivity index (χ4v) is 1.38. The van der Waals surface area contributed by atoms with E-state index in [0.717, 1.165) is 6.42 Å². The maximum Gasteiger partial charge on any atom is 0.318 e. The van der Waals surface area contributed by atoms with Crippen LogP contribution < -0.4 is 16.8 Å². The number of primary amides is 1. The van der Waals surface area contributed by atoms with Crippen molar-refractivity contribution < 1.29 is 9.59 Å². The van der Waals surface area contributed by atoms with Gasteiger partial charge in [0.05, 0.1) is 0 Å². The van der Waals surface area contributed by atoms with Crippen LogP contribution in [0, 0.1) is 11.8 Å². The van der Waals surface area contributed by atoms with Crippen LogP contribution in [0.5, 0.6) is 0 Å². The van der Waals surface area contributed by atoms with Gasteiger partial charge in [0.25, 0.3) is 0 Å². The minimum absolute atomic E-state index is 0.120. The number of nitrogens with one attached hydrogen (secondary N) is 1. The first-order chi connectivity index (χ1) is 6.45. The molecule has 82 valence electrons. The summed E-state index contributed by atoms with van der Waals surface area (Å²) in [6.45, 7) is 4.58. The first-order valence-electron chi connectivity index (χ1n) is 4.75. The van der Waals surface area contributed by atoms with E-state index in [9.17, 15) is 9.59 Å². The molecule has 0 aliphatic rings. The largest absolute Gasteiger partial charge is 0.351 e. The number of carbonyl (C=O) groups is 2. The van der Waals surface area contributed by atoms with Gasteiger partial charge in [0.15, 0.2) is 0 Å². The molecule has 0 bridgehead atoms. The number of imide groups is 1. The highest BCUT2D eigenvalue weighted by Gasteiger charge is 2.14. The summed E-state index contributed by atoms with van der Waals surface area (Å²) < 4.78 is 0. The molecule has 0 saturated carbocycles. The van der Waals surface area contributed by atoms with Gasteiger partial charge in [0.1, 0.15) is 0 Å². The van der Waals surface area contributed by atoms with Crippen LogP contribution in [0.15, 0.2) is 0 Å². The lowest BCUT2D eigenvalue weighted by atomic mass is 9.94. The predicted octanol–water partition coefficient (Wildman–Crippen LogP) is 0.192. The Morgan fingerprint density at radius 3 is 2.29 bits per heavy atom. The predicted molar refractivity (Wildman–Crippen MR) is 54.3 cm³/mol. The van der Waals surface area contributed by atoms with Crippen molar-refractivity contribution >= 4 is 11.9 Å². The third-order valence-electron chi connectivity index (χ3n) is 1.87. The van der Waals surface area contributed by atoms with Gasteiger partial charge < -0.3 is 11.5 Å². The number of rotatable bonds is 5. The number of urea groups is 1. The lowest BCUT2D eigenvalue weighted by Gasteiger charge is -2.15. The monoisotopic (exact) mass is 201 g/mol. The van der Waals surface area contributed by atoms with Crippen LogP contribution in [0.1, 0.15) is 26.7 Å². The average molecular weight is 201 g/mol. The lowest BCUT2D eigenvalue weighted by Crippen LogP contribution is -2.37. The molecule has 0 rings (SSSR count). The number of hydrogen-bond acceptors (Lipinski definition) is 3. The lowest BCUT2D eigenvalue weighted by molar-refractivity contribution is -0.120. The summed E-state index contributed by atoms with van der Waals surface area (Å²) >= 11 is 0. The summed E-state index contributed by atoms with van der Waals surface area (Å²) in [6.07, 6.45) is 1.14. The Labute approximate surface area is 84.2 Å². The van der Waals surface area contributed by atoms with Gasteiger partial charge in [-0.25, -0.2) is 4.79 Å². The maximum absolute atomic E-state index is 11.1. The van der Waals surface area contributed by atoms with Gasteiger partial charge in [0.2, 0.25) is 5.91 Å². The quantitative estimate of drug-likeness (QED) is 0.592. The molecule has 1 atom stereocenters. The highest BCUT2D eigenvalue weighted by atomic mass is 16.2. The Morgan fingerprint density at radius 2 is 1.93 bits per heavy atom. The smallest absolute Gasteiger partial charge is 0.318 e. The van der Waals surface area contributed by atoms with E-state index in [2.05, 4.69) is 13.8 Å². The Bertz CT molecular complexity index is 204. The second kappa shape index (κ2) is 6.37. The maximum atomic E-state index is 11.1. The van der Waals surface area contributed by atoms with E-state index in [1.807, 2.05) is 5.32 Å². The molecule has 0 saturated heterocycles. The molecule has 0 aromatic rings. The SMILES string of the molecule is CC(C)CC(CN)CC(=O)NC(N)=O. The number of carbonyl (C=O) groups excluding carboxylic acids is 2. The van der Waals surface area contributed by atoms with E-state index < -0.39 is 6.03 Å². The van der Waals surface area contributed by atoms with Crippen LogP contribution in [-0.2, 0) is 4.79 Å². The van der Waals surface area contributed by atoms with Crippen molar-refractivity contribution in [2.24, 2.45) is 23.3 Å². The van der Waals surface area contributed by atoms with Crippen molar-refractivity contribution in [3.05, 3.63) is 0 Å². The van der Waals surface area contributed by atoms with Crippen molar-refractivity contribution in [1.29, 1.82) is 0 Å². The number of amides is 3. The topological polar surface area (TPSA) is 98.2 Å². The van der Waals surface area contributed by atoms with Crippen LogP contribution >= 0.6 is 0 Å². The Kier molecular flexibility index (Phi) is 5.87. The summed E-state index contributed by atoms with van der Waals surface area (Å²) in [5.74, 6) is 0.257. The van der Waals surface area contributed by atoms with Gasteiger partial charge >= 0.3 is 6.03 Å². The van der Waals surface area contributed by atoms with Crippen LogP contribution in [0.2, 0.25) is 0 Å². The highest BCUT2D eigenvalue weighted by Crippen LogP contribution is 2.13. The van der Waals surface area contributed by atoms with E-state index in [4.69, 9.17) is 11.5 Å². The molecule has 0 aliphatic heterocycles.